The number of aromatic nitrogens is 2. The van der Waals surface area contributed by atoms with Crippen molar-refractivity contribution in [3.63, 3.8) is 0 Å². The first kappa shape index (κ1) is 26.0. The molecular formula is C29H36FN3O3. The van der Waals surface area contributed by atoms with E-state index < -0.39 is 12.1 Å². The lowest BCUT2D eigenvalue weighted by Gasteiger charge is -2.39. The molecule has 0 spiro atoms. The predicted molar refractivity (Wildman–Crippen MR) is 139 cm³/mol. The van der Waals surface area contributed by atoms with Crippen LogP contribution in [-0.2, 0) is 11.2 Å². The first-order chi connectivity index (χ1) is 17.5. The van der Waals surface area contributed by atoms with Crippen LogP contribution in [0, 0.1) is 11.8 Å². The second-order valence-electron chi connectivity index (χ2n) is 9.79. The molecule has 1 aliphatic rings. The van der Waals surface area contributed by atoms with Crippen molar-refractivity contribution in [1.82, 2.24) is 14.9 Å². The highest BCUT2D eigenvalue weighted by atomic mass is 19.1. The predicted octanol–water partition coefficient (Wildman–Crippen LogP) is 5.86. The molecule has 0 bridgehead atoms. The third kappa shape index (κ3) is 7.00. The van der Waals surface area contributed by atoms with Gasteiger partial charge in [0.1, 0.15) is 11.9 Å². The number of carboxylic acid groups (broad SMARTS) is 1. The average Bonchev–Trinajstić information content (AvgIpc) is 2.91. The number of carbonyl (C=O) groups is 1. The Kier molecular flexibility index (Phi) is 9.23. The van der Waals surface area contributed by atoms with E-state index in [9.17, 15) is 9.90 Å². The Balaban J connectivity index is 1.35. The number of hydrogen-bond acceptors (Lipinski definition) is 5. The topological polar surface area (TPSA) is 75.5 Å². The number of aryl methyl sites for hydroxylation is 1. The van der Waals surface area contributed by atoms with Gasteiger partial charge in [0.15, 0.2) is 0 Å². The van der Waals surface area contributed by atoms with Gasteiger partial charge in [-0.25, -0.2) is 4.39 Å². The highest BCUT2D eigenvalue weighted by Gasteiger charge is 2.30. The smallest absolute Gasteiger partial charge is 0.303 e. The molecule has 36 heavy (non-hydrogen) atoms. The number of fused-ring (bicyclic) bond motifs is 1. The number of methoxy groups -OCH3 is 1. The van der Waals surface area contributed by atoms with Crippen molar-refractivity contribution in [2.45, 2.75) is 51.1 Å². The fourth-order valence-corrected chi connectivity index (χ4v) is 5.47. The molecule has 3 heterocycles. The maximum Gasteiger partial charge on any atom is 0.303 e. The maximum absolute atomic E-state index is 15.5. The Morgan fingerprint density at radius 3 is 2.83 bits per heavy atom. The fourth-order valence-electron chi connectivity index (χ4n) is 5.47. The summed E-state index contributed by atoms with van der Waals surface area (Å²) in [7, 11) is 1.60. The summed E-state index contributed by atoms with van der Waals surface area (Å²) in [5, 5.41) is 10.1. The zero-order chi connectivity index (χ0) is 25.3. The van der Waals surface area contributed by atoms with Crippen molar-refractivity contribution >= 4 is 16.9 Å². The Hall–Kier alpha value is -3.06. The zero-order valence-electron chi connectivity index (χ0n) is 21.0. The monoisotopic (exact) mass is 493 g/mol. The van der Waals surface area contributed by atoms with Crippen LogP contribution in [0.15, 0.2) is 54.9 Å². The van der Waals surface area contributed by atoms with Crippen molar-refractivity contribution < 1.29 is 19.0 Å². The molecule has 1 aliphatic heterocycles. The number of rotatable bonds is 12. The molecule has 1 saturated heterocycles. The van der Waals surface area contributed by atoms with Crippen LogP contribution >= 0.6 is 0 Å². The van der Waals surface area contributed by atoms with Crippen LogP contribution in [0.3, 0.4) is 0 Å². The third-order valence-corrected chi connectivity index (χ3v) is 7.45. The van der Waals surface area contributed by atoms with Crippen LogP contribution in [0.1, 0.15) is 56.0 Å². The van der Waals surface area contributed by atoms with Gasteiger partial charge in [-0.1, -0.05) is 6.07 Å². The molecule has 2 unspecified atom stereocenters. The van der Waals surface area contributed by atoms with E-state index in [0.29, 0.717) is 30.1 Å². The standard InChI is InChI=1S/C29H36FN3O3/c1-36-24-9-11-28-26(19-24)25(13-16-32-28)27(30)10-7-21-14-18-33(20-22(21)8-12-29(34)35)17-4-6-23-5-2-3-15-31-23/h2-3,5,9,11,13,15-16,19,21-22,27H,4,6-8,10,12,14,17-18,20H2,1H3,(H,34,35)/t21?,22?,27-/m0/s1. The van der Waals surface area contributed by atoms with Gasteiger partial charge in [-0.2, -0.15) is 0 Å². The number of hydrogen-bond donors (Lipinski definition) is 1. The molecule has 0 amide bonds. The number of ether oxygens (including phenoxy) is 1. The minimum Gasteiger partial charge on any atom is -0.497 e. The zero-order valence-corrected chi connectivity index (χ0v) is 21.0. The van der Waals surface area contributed by atoms with Crippen LogP contribution in [0.4, 0.5) is 4.39 Å². The van der Waals surface area contributed by atoms with Crippen molar-refractivity contribution in [2.24, 2.45) is 11.8 Å². The van der Waals surface area contributed by atoms with Gasteiger partial charge in [-0.05, 0) is 105 Å². The van der Waals surface area contributed by atoms with E-state index in [4.69, 9.17) is 4.74 Å². The largest absolute Gasteiger partial charge is 0.497 e. The lowest BCUT2D eigenvalue weighted by Crippen LogP contribution is -2.41. The first-order valence-electron chi connectivity index (χ1n) is 12.9. The molecule has 3 atom stereocenters. The molecule has 7 heteroatoms. The van der Waals surface area contributed by atoms with Gasteiger partial charge in [0.25, 0.3) is 0 Å². The summed E-state index contributed by atoms with van der Waals surface area (Å²) in [4.78, 5) is 22.5. The van der Waals surface area contributed by atoms with Gasteiger partial charge in [0.05, 0.1) is 12.6 Å². The summed E-state index contributed by atoms with van der Waals surface area (Å²) in [5.41, 5.74) is 2.51. The summed E-state index contributed by atoms with van der Waals surface area (Å²) in [6.07, 6.45) is 7.31. The fraction of sp³-hybridized carbons (Fsp3) is 0.483. The lowest BCUT2D eigenvalue weighted by atomic mass is 9.79. The second-order valence-corrected chi connectivity index (χ2v) is 9.79. The molecule has 6 nitrogen and oxygen atoms in total. The van der Waals surface area contributed by atoms with Gasteiger partial charge in [-0.15, -0.1) is 0 Å². The number of likely N-dealkylation sites (tertiary alicyclic amines) is 1. The number of piperidine rings is 1. The van der Waals surface area contributed by atoms with Crippen LogP contribution in [0.2, 0.25) is 0 Å². The molecule has 1 N–H and O–H groups in total. The van der Waals surface area contributed by atoms with Crippen molar-refractivity contribution in [2.75, 3.05) is 26.7 Å². The van der Waals surface area contributed by atoms with E-state index in [1.54, 1.807) is 19.4 Å². The van der Waals surface area contributed by atoms with Gasteiger partial charge in [0.2, 0.25) is 0 Å². The van der Waals surface area contributed by atoms with Crippen LogP contribution in [0.5, 0.6) is 5.75 Å². The van der Waals surface area contributed by atoms with E-state index in [0.717, 1.165) is 61.9 Å². The Labute approximate surface area is 212 Å². The van der Waals surface area contributed by atoms with Gasteiger partial charge < -0.3 is 14.7 Å². The SMILES string of the molecule is COc1ccc2nccc([C@@H](F)CCC3CCN(CCCc4ccccn4)CC3CCC(=O)O)c2c1. The quantitative estimate of drug-likeness (QED) is 0.340. The number of pyridine rings is 2. The van der Waals surface area contributed by atoms with E-state index in [2.05, 4.69) is 20.9 Å². The normalized spacial score (nSPS) is 19.3. The number of aliphatic carboxylic acids is 1. The van der Waals surface area contributed by atoms with Gasteiger partial charge in [0, 0.05) is 36.4 Å². The molecule has 2 aromatic heterocycles. The number of carboxylic acids is 1. The second kappa shape index (κ2) is 12.8. The summed E-state index contributed by atoms with van der Waals surface area (Å²) >= 11 is 0. The van der Waals surface area contributed by atoms with Crippen molar-refractivity contribution in [3.8, 4) is 5.75 Å². The van der Waals surface area contributed by atoms with E-state index >= 15 is 4.39 Å². The summed E-state index contributed by atoms with van der Waals surface area (Å²) < 4.78 is 20.9. The first-order valence-corrected chi connectivity index (χ1v) is 12.9. The molecule has 0 radical (unpaired) electrons. The molecule has 0 saturated carbocycles. The molecule has 192 valence electrons. The average molecular weight is 494 g/mol. The van der Waals surface area contributed by atoms with E-state index in [-0.39, 0.29) is 12.3 Å². The number of nitrogens with zero attached hydrogens (tertiary/aromatic N) is 3. The van der Waals surface area contributed by atoms with Crippen molar-refractivity contribution in [3.05, 3.63) is 66.1 Å². The lowest BCUT2D eigenvalue weighted by molar-refractivity contribution is -0.137. The Morgan fingerprint density at radius 1 is 1.17 bits per heavy atom. The molecule has 1 fully saturated rings. The Morgan fingerprint density at radius 2 is 2.06 bits per heavy atom. The van der Waals surface area contributed by atoms with Crippen molar-refractivity contribution in [1.29, 1.82) is 0 Å². The molecule has 3 aromatic rings. The van der Waals surface area contributed by atoms with E-state index in [1.807, 2.05) is 36.5 Å². The van der Waals surface area contributed by atoms with E-state index in [1.165, 1.54) is 0 Å². The molecule has 0 aliphatic carbocycles. The molecular weight excluding hydrogens is 457 g/mol. The van der Waals surface area contributed by atoms with Gasteiger partial charge in [-0.3, -0.25) is 14.8 Å². The highest BCUT2D eigenvalue weighted by Crippen LogP contribution is 2.36. The maximum atomic E-state index is 15.5. The van der Waals surface area contributed by atoms with Crippen LogP contribution in [0.25, 0.3) is 10.9 Å². The highest BCUT2D eigenvalue weighted by molar-refractivity contribution is 5.83. The summed E-state index contributed by atoms with van der Waals surface area (Å²) in [5.74, 6) is 0.526. The summed E-state index contributed by atoms with van der Waals surface area (Å²) in [6, 6.07) is 13.3. The Bertz CT molecular complexity index is 1130. The number of benzene rings is 1. The minimum atomic E-state index is -1.10. The number of alkyl halides is 1. The van der Waals surface area contributed by atoms with Crippen LogP contribution in [-0.4, -0.2) is 52.7 Å². The molecule has 1 aromatic carbocycles. The molecule has 4 rings (SSSR count). The number of halogens is 1. The minimum absolute atomic E-state index is 0.163. The van der Waals surface area contributed by atoms with Crippen LogP contribution < -0.4 is 4.74 Å². The summed E-state index contributed by atoms with van der Waals surface area (Å²) in [6.45, 7) is 2.83. The van der Waals surface area contributed by atoms with Gasteiger partial charge >= 0.3 is 5.97 Å². The third-order valence-electron chi connectivity index (χ3n) is 7.45.